The molecule has 0 aromatic rings. The minimum absolute atomic E-state index is 0.0723. The Kier molecular flexibility index (Phi) is 15.3. The third kappa shape index (κ3) is 12.7. The van der Waals surface area contributed by atoms with Gasteiger partial charge in [-0.1, -0.05) is 0 Å². The van der Waals surface area contributed by atoms with Crippen molar-refractivity contribution in [1.82, 2.24) is 16.0 Å². The first kappa shape index (κ1) is 30.2. The third-order valence-electron chi connectivity index (χ3n) is 4.69. The summed E-state index contributed by atoms with van der Waals surface area (Å²) >= 11 is 0. The van der Waals surface area contributed by atoms with Crippen LogP contribution in [0.4, 0.5) is 0 Å². The number of nitrogens with one attached hydrogen (secondary N) is 3. The first-order valence-corrected chi connectivity index (χ1v) is 10.7. The molecular weight excluding hydrogens is 440 g/mol. The molecule has 0 aliphatic rings. The van der Waals surface area contributed by atoms with E-state index in [0.29, 0.717) is 38.8 Å². The van der Waals surface area contributed by atoms with Crippen molar-refractivity contribution in [3.8, 4) is 0 Å². The summed E-state index contributed by atoms with van der Waals surface area (Å²) in [5.74, 6) is -5.38. The monoisotopic (exact) mass is 476 g/mol. The van der Waals surface area contributed by atoms with Crippen LogP contribution in [-0.2, 0) is 24.0 Å². The fraction of sp³-hybridized carbons (Fsp3) is 0.737. The second-order valence-corrected chi connectivity index (χ2v) is 7.48. The molecule has 0 radical (unpaired) electrons. The highest BCUT2D eigenvalue weighted by Gasteiger charge is 2.31. The van der Waals surface area contributed by atoms with Crippen LogP contribution < -0.4 is 33.2 Å². The molecule has 0 saturated carbocycles. The number of hydrogen-bond donors (Lipinski definition) is 9. The predicted molar refractivity (Wildman–Crippen MR) is 117 cm³/mol. The number of aliphatic hydroxyl groups excluding tert-OH is 1. The highest BCUT2D eigenvalue weighted by atomic mass is 16.4. The van der Waals surface area contributed by atoms with Gasteiger partial charge in [-0.15, -0.1) is 0 Å². The fourth-order valence-corrected chi connectivity index (χ4v) is 2.80. The molecule has 3 amide bonds. The topological polar surface area (TPSA) is 260 Å². The summed E-state index contributed by atoms with van der Waals surface area (Å²) in [7, 11) is 0. The summed E-state index contributed by atoms with van der Waals surface area (Å²) in [6.07, 6.45) is 1.30. The van der Waals surface area contributed by atoms with Gasteiger partial charge in [0.25, 0.3) is 0 Å². The van der Waals surface area contributed by atoms with Gasteiger partial charge in [0.1, 0.15) is 24.2 Å². The molecule has 14 heteroatoms. The van der Waals surface area contributed by atoms with E-state index >= 15 is 0 Å². The number of aliphatic hydroxyl groups is 1. The first-order valence-electron chi connectivity index (χ1n) is 10.7. The van der Waals surface area contributed by atoms with Crippen LogP contribution in [0, 0.1) is 0 Å². The van der Waals surface area contributed by atoms with Gasteiger partial charge in [0.15, 0.2) is 0 Å². The van der Waals surface area contributed by atoms with Gasteiger partial charge >= 0.3 is 11.9 Å². The standard InChI is InChI=1S/C19H36N6O8/c20-7-3-1-5-12(23-16(29)11(22)10-26)17(30)25-14(9-15(27)28)18(31)24-13(19(32)33)6-2-4-8-21/h11-14,26H,1-10,20-22H2,(H,23,29)(H,24,31)(H,25,30)(H,27,28)(H,32,33). The van der Waals surface area contributed by atoms with Crippen molar-refractivity contribution in [2.24, 2.45) is 17.2 Å². The number of aliphatic carboxylic acids is 2. The molecular formula is C19H36N6O8. The number of carboxylic acids is 2. The van der Waals surface area contributed by atoms with Crippen LogP contribution in [0.25, 0.3) is 0 Å². The van der Waals surface area contributed by atoms with Crippen LogP contribution in [0.3, 0.4) is 0 Å². The van der Waals surface area contributed by atoms with Crippen molar-refractivity contribution in [2.75, 3.05) is 19.7 Å². The summed E-state index contributed by atoms with van der Waals surface area (Å²) in [5, 5.41) is 34.3. The van der Waals surface area contributed by atoms with E-state index in [1.54, 1.807) is 0 Å². The molecule has 4 atom stereocenters. The van der Waals surface area contributed by atoms with Gasteiger partial charge in [0, 0.05) is 0 Å². The maximum atomic E-state index is 12.7. The Morgan fingerprint density at radius 2 is 1.15 bits per heavy atom. The van der Waals surface area contributed by atoms with E-state index in [9.17, 15) is 29.1 Å². The second-order valence-electron chi connectivity index (χ2n) is 7.48. The van der Waals surface area contributed by atoms with E-state index in [1.807, 2.05) is 0 Å². The molecule has 0 aliphatic heterocycles. The number of rotatable bonds is 18. The Hall–Kier alpha value is -2.81. The molecule has 190 valence electrons. The zero-order valence-corrected chi connectivity index (χ0v) is 18.5. The van der Waals surface area contributed by atoms with Crippen molar-refractivity contribution >= 4 is 29.7 Å². The van der Waals surface area contributed by atoms with Crippen molar-refractivity contribution < 1.29 is 39.3 Å². The van der Waals surface area contributed by atoms with Gasteiger partial charge in [-0.05, 0) is 51.6 Å². The van der Waals surface area contributed by atoms with Crippen LogP contribution in [0.1, 0.15) is 44.9 Å². The normalized spacial score (nSPS) is 14.4. The Bertz CT molecular complexity index is 662. The molecule has 0 heterocycles. The molecule has 0 aliphatic carbocycles. The molecule has 0 spiro atoms. The molecule has 33 heavy (non-hydrogen) atoms. The number of hydrogen-bond acceptors (Lipinski definition) is 9. The largest absolute Gasteiger partial charge is 0.481 e. The molecule has 0 saturated heterocycles. The van der Waals surface area contributed by atoms with Crippen LogP contribution in [0.5, 0.6) is 0 Å². The van der Waals surface area contributed by atoms with Crippen molar-refractivity contribution in [2.45, 2.75) is 69.1 Å². The van der Waals surface area contributed by atoms with E-state index in [-0.39, 0.29) is 12.8 Å². The number of carbonyl (C=O) groups excluding carboxylic acids is 3. The highest BCUT2D eigenvalue weighted by molar-refractivity contribution is 5.95. The second kappa shape index (κ2) is 16.8. The summed E-state index contributed by atoms with van der Waals surface area (Å²) in [6.45, 7) is 0.0200. The lowest BCUT2D eigenvalue weighted by Gasteiger charge is -2.24. The lowest BCUT2D eigenvalue weighted by Crippen LogP contribution is -2.57. The fourth-order valence-electron chi connectivity index (χ4n) is 2.80. The van der Waals surface area contributed by atoms with E-state index in [1.165, 1.54) is 0 Å². The number of nitrogens with two attached hydrogens (primary N) is 3. The number of carbonyl (C=O) groups is 5. The SMILES string of the molecule is NCCCCC(NC(=O)C(CC(=O)O)NC(=O)C(CCCCN)NC(=O)C(N)CO)C(=O)O. The number of amides is 3. The average molecular weight is 477 g/mol. The van der Waals surface area contributed by atoms with E-state index in [0.717, 1.165) is 0 Å². The quantitative estimate of drug-likeness (QED) is 0.0879. The third-order valence-corrected chi connectivity index (χ3v) is 4.69. The molecule has 0 aromatic carbocycles. The van der Waals surface area contributed by atoms with Gasteiger partial charge in [-0.3, -0.25) is 19.2 Å². The van der Waals surface area contributed by atoms with Gasteiger partial charge in [-0.25, -0.2) is 4.79 Å². The van der Waals surface area contributed by atoms with Crippen molar-refractivity contribution in [1.29, 1.82) is 0 Å². The maximum Gasteiger partial charge on any atom is 0.326 e. The Morgan fingerprint density at radius 3 is 1.61 bits per heavy atom. The van der Waals surface area contributed by atoms with Crippen LogP contribution in [-0.4, -0.2) is 88.8 Å². The predicted octanol–water partition coefficient (Wildman–Crippen LogP) is -3.42. The summed E-state index contributed by atoms with van der Waals surface area (Å²) in [5.41, 5.74) is 16.3. The average Bonchev–Trinajstić information content (AvgIpc) is 2.76. The lowest BCUT2D eigenvalue weighted by atomic mass is 10.1. The van der Waals surface area contributed by atoms with Crippen LogP contribution in [0.15, 0.2) is 0 Å². The molecule has 0 bridgehead atoms. The number of unbranched alkanes of at least 4 members (excludes halogenated alkanes) is 2. The highest BCUT2D eigenvalue weighted by Crippen LogP contribution is 2.06. The Morgan fingerprint density at radius 1 is 0.697 bits per heavy atom. The van der Waals surface area contributed by atoms with Gasteiger partial charge < -0.3 is 48.5 Å². The zero-order chi connectivity index (χ0) is 25.4. The van der Waals surface area contributed by atoms with Crippen molar-refractivity contribution in [3.63, 3.8) is 0 Å². The summed E-state index contributed by atoms with van der Waals surface area (Å²) in [4.78, 5) is 60.0. The minimum atomic E-state index is -1.59. The van der Waals surface area contributed by atoms with E-state index in [2.05, 4.69) is 16.0 Å². The molecule has 14 nitrogen and oxygen atoms in total. The molecule has 4 unspecified atom stereocenters. The number of carboxylic acid groups (broad SMARTS) is 2. The Balaban J connectivity index is 5.41. The van der Waals surface area contributed by atoms with Gasteiger partial charge in [0.05, 0.1) is 13.0 Å². The minimum Gasteiger partial charge on any atom is -0.481 e. The zero-order valence-electron chi connectivity index (χ0n) is 18.5. The van der Waals surface area contributed by atoms with Gasteiger partial charge in [0.2, 0.25) is 17.7 Å². The van der Waals surface area contributed by atoms with E-state index in [4.69, 9.17) is 27.4 Å². The molecule has 0 rings (SSSR count). The smallest absolute Gasteiger partial charge is 0.326 e. The lowest BCUT2D eigenvalue weighted by molar-refractivity contribution is -0.143. The first-order chi connectivity index (χ1) is 15.6. The molecule has 12 N–H and O–H groups in total. The Labute approximate surface area is 191 Å². The van der Waals surface area contributed by atoms with Gasteiger partial charge in [-0.2, -0.15) is 0 Å². The molecule has 0 fully saturated rings. The summed E-state index contributed by atoms with van der Waals surface area (Å²) in [6, 6.07) is -5.34. The van der Waals surface area contributed by atoms with Crippen molar-refractivity contribution in [3.05, 3.63) is 0 Å². The van der Waals surface area contributed by atoms with Crippen LogP contribution in [0.2, 0.25) is 0 Å². The van der Waals surface area contributed by atoms with E-state index < -0.39 is 66.9 Å². The van der Waals surface area contributed by atoms with Crippen LogP contribution >= 0.6 is 0 Å². The molecule has 0 aromatic heterocycles. The summed E-state index contributed by atoms with van der Waals surface area (Å²) < 4.78 is 0. The maximum absolute atomic E-state index is 12.7.